The Kier molecular flexibility index (Phi) is 16.3. The van der Waals surface area contributed by atoms with Crippen molar-refractivity contribution in [1.29, 1.82) is 0 Å². The molecule has 76 heavy (non-hydrogen) atoms. The molecule has 9 rings (SSSR count). The van der Waals surface area contributed by atoms with Crippen molar-refractivity contribution in [3.05, 3.63) is 11.6 Å². The average Bonchev–Trinajstić information content (AvgIpc) is 3.54. The highest BCUT2D eigenvalue weighted by Crippen LogP contribution is 2.76. The molecule has 23 heteroatoms. The number of esters is 1. The summed E-state index contributed by atoms with van der Waals surface area (Å²) in [4.78, 5) is 15.4. The zero-order valence-corrected chi connectivity index (χ0v) is 44.7. The van der Waals surface area contributed by atoms with Crippen LogP contribution in [0.1, 0.15) is 107 Å². The summed E-state index contributed by atoms with van der Waals surface area (Å²) in [6.07, 6.45) is -27.9. The lowest BCUT2D eigenvalue weighted by Crippen LogP contribution is -2.70. The SMILES string of the molecule is CC1OC(OC(=O)C23CCC(C)(C)CC2C2=CCC4C5(C)CC(O)C(OC6OC(CO)C(O)C(O)C6O)C(C)(CO)C5CCC4(C)C2(C)CC3O)C(OC2OC(C)C(OC3OCC(O)C(O)C3O)C(O)C2O)C(O)C1O. The molecule has 9 aliphatic rings. The van der Waals surface area contributed by atoms with E-state index in [-0.39, 0.29) is 43.1 Å². The van der Waals surface area contributed by atoms with Crippen molar-refractivity contribution >= 4 is 5.97 Å². The van der Waals surface area contributed by atoms with Gasteiger partial charge < -0.3 is 109 Å². The fraction of sp³-hybridized carbons (Fsp3) is 0.943. The fourth-order valence-corrected chi connectivity index (χ4v) is 16.4. The number of ether oxygens (including phenoxy) is 8. The number of aliphatic hydroxyl groups excluding tert-OH is 14. The van der Waals surface area contributed by atoms with Gasteiger partial charge in [0.1, 0.15) is 78.7 Å². The highest BCUT2D eigenvalue weighted by molar-refractivity contribution is 5.80. The van der Waals surface area contributed by atoms with E-state index in [0.29, 0.717) is 32.1 Å². The van der Waals surface area contributed by atoms with Crippen LogP contribution in [0, 0.1) is 50.2 Å². The Balaban J connectivity index is 0.972. The number of carbonyl (C=O) groups is 1. The van der Waals surface area contributed by atoms with E-state index in [1.807, 2.05) is 6.92 Å². The number of allylic oxidation sites excluding steroid dienone is 2. The molecular weight excluding hydrogens is 1000 g/mol. The topological polar surface area (TPSA) is 374 Å². The van der Waals surface area contributed by atoms with E-state index in [9.17, 15) is 71.5 Å². The van der Waals surface area contributed by atoms with Crippen molar-refractivity contribution in [3.8, 4) is 0 Å². The molecule has 0 radical (unpaired) electrons. The molecule has 436 valence electrons. The Hall–Kier alpha value is -1.63. The summed E-state index contributed by atoms with van der Waals surface area (Å²) in [6, 6.07) is 0. The van der Waals surface area contributed by atoms with Gasteiger partial charge in [0.05, 0.1) is 50.3 Å². The molecule has 4 heterocycles. The zero-order chi connectivity index (χ0) is 55.7. The minimum Gasteiger partial charge on any atom is -0.432 e. The van der Waals surface area contributed by atoms with Crippen molar-refractivity contribution in [2.75, 3.05) is 19.8 Å². The summed E-state index contributed by atoms with van der Waals surface area (Å²) >= 11 is 0. The van der Waals surface area contributed by atoms with Crippen LogP contribution >= 0.6 is 0 Å². The monoisotopic (exact) mass is 1090 g/mol. The van der Waals surface area contributed by atoms with Crippen LogP contribution in [0.25, 0.3) is 0 Å². The molecule has 4 aliphatic heterocycles. The number of hydrogen-bond donors (Lipinski definition) is 14. The Morgan fingerprint density at radius 1 is 0.618 bits per heavy atom. The van der Waals surface area contributed by atoms with Crippen molar-refractivity contribution < 1.29 is 114 Å². The van der Waals surface area contributed by atoms with Crippen molar-refractivity contribution in [3.63, 3.8) is 0 Å². The van der Waals surface area contributed by atoms with Crippen molar-refractivity contribution in [2.45, 2.75) is 242 Å². The van der Waals surface area contributed by atoms with E-state index in [1.165, 1.54) is 13.8 Å². The van der Waals surface area contributed by atoms with E-state index >= 15 is 4.79 Å². The van der Waals surface area contributed by atoms with Gasteiger partial charge in [-0.25, -0.2) is 0 Å². The smallest absolute Gasteiger partial charge is 0.317 e. The Morgan fingerprint density at radius 2 is 1.24 bits per heavy atom. The number of hydrogen-bond acceptors (Lipinski definition) is 23. The van der Waals surface area contributed by atoms with Crippen LogP contribution in [0.4, 0.5) is 0 Å². The molecule has 0 amide bonds. The van der Waals surface area contributed by atoms with Gasteiger partial charge in [-0.05, 0) is 105 Å². The highest BCUT2D eigenvalue weighted by Gasteiger charge is 2.73. The number of carbonyl (C=O) groups excluding carboxylic acids is 1. The lowest BCUT2D eigenvalue weighted by Gasteiger charge is -2.72. The maximum atomic E-state index is 15.4. The number of rotatable bonds is 10. The van der Waals surface area contributed by atoms with E-state index in [2.05, 4.69) is 40.7 Å². The van der Waals surface area contributed by atoms with Crippen molar-refractivity contribution in [2.24, 2.45) is 50.2 Å². The third kappa shape index (κ3) is 9.18. The zero-order valence-electron chi connectivity index (χ0n) is 44.7. The summed E-state index contributed by atoms with van der Waals surface area (Å²) in [5.41, 5.74) is -3.82. The van der Waals surface area contributed by atoms with E-state index in [4.69, 9.17) is 37.9 Å². The molecule has 30 unspecified atom stereocenters. The first kappa shape index (κ1) is 59.0. The number of fused-ring (bicyclic) bond motifs is 7. The van der Waals surface area contributed by atoms with Crippen LogP contribution in [0.15, 0.2) is 11.6 Å². The molecule has 0 aromatic heterocycles. The summed E-state index contributed by atoms with van der Waals surface area (Å²) in [7, 11) is 0. The highest BCUT2D eigenvalue weighted by atomic mass is 16.8. The van der Waals surface area contributed by atoms with Gasteiger partial charge in [-0.3, -0.25) is 4.79 Å². The van der Waals surface area contributed by atoms with Crippen LogP contribution in [-0.2, 0) is 42.7 Å². The standard InChI is InChI=1S/C53H86O23/c1-21-31(59)35(63)41(74-44-39(67)36(64)40(22(2)71-44)73-43-37(65)32(60)26(57)19-69-43)46(70-21)76-47(68)53-14-13-48(3,4)15-24(53)23-9-10-29-49(5)16-25(56)42(75-45-38(66)34(62)33(61)27(18-54)72-45)50(6,20-55)28(49)11-12-51(29,7)52(23,8)17-30(53)58/h9,21-22,24-46,54-67H,10-20H2,1-8H3. The Morgan fingerprint density at radius 3 is 1.91 bits per heavy atom. The molecule has 0 spiro atoms. The number of aliphatic hydroxyl groups is 14. The maximum Gasteiger partial charge on any atom is 0.317 e. The average molecular weight is 1090 g/mol. The first-order valence-corrected chi connectivity index (χ1v) is 27.3. The molecule has 8 fully saturated rings. The van der Waals surface area contributed by atoms with E-state index in [0.717, 1.165) is 5.57 Å². The molecular formula is C53H86O23. The molecule has 0 aromatic carbocycles. The van der Waals surface area contributed by atoms with Gasteiger partial charge in [-0.1, -0.05) is 53.2 Å². The van der Waals surface area contributed by atoms with Gasteiger partial charge in [0, 0.05) is 5.41 Å². The van der Waals surface area contributed by atoms with Crippen LogP contribution in [0.5, 0.6) is 0 Å². The largest absolute Gasteiger partial charge is 0.432 e. The molecule has 5 aliphatic carbocycles. The molecule has 4 saturated carbocycles. The predicted octanol–water partition coefficient (Wildman–Crippen LogP) is -2.43. The van der Waals surface area contributed by atoms with Gasteiger partial charge in [0.15, 0.2) is 25.0 Å². The second-order valence-corrected chi connectivity index (χ2v) is 25.9. The summed E-state index contributed by atoms with van der Waals surface area (Å²) in [6.45, 7) is 14.0. The van der Waals surface area contributed by atoms with Crippen molar-refractivity contribution in [1.82, 2.24) is 0 Å². The van der Waals surface area contributed by atoms with Crippen LogP contribution in [0.2, 0.25) is 0 Å². The fourth-order valence-electron chi connectivity index (χ4n) is 16.4. The first-order valence-electron chi connectivity index (χ1n) is 27.3. The molecule has 30 atom stereocenters. The second-order valence-electron chi connectivity index (χ2n) is 25.9. The first-order chi connectivity index (χ1) is 35.5. The van der Waals surface area contributed by atoms with Gasteiger partial charge in [-0.2, -0.15) is 0 Å². The maximum absolute atomic E-state index is 15.4. The Bertz CT molecular complexity index is 2120. The normalized spacial score (nSPS) is 56.2. The lowest BCUT2D eigenvalue weighted by atomic mass is 9.33. The summed E-state index contributed by atoms with van der Waals surface area (Å²) in [5.74, 6) is -1.75. The van der Waals surface area contributed by atoms with Gasteiger partial charge >= 0.3 is 5.97 Å². The molecule has 14 N–H and O–H groups in total. The second kappa shape index (κ2) is 21.0. The Labute approximate surface area is 442 Å². The van der Waals surface area contributed by atoms with Gasteiger partial charge in [0.2, 0.25) is 6.29 Å². The minimum absolute atomic E-state index is 0.123. The summed E-state index contributed by atoms with van der Waals surface area (Å²) < 4.78 is 47.5. The molecule has 0 bridgehead atoms. The summed E-state index contributed by atoms with van der Waals surface area (Å²) in [5, 5.41) is 154. The molecule has 23 nitrogen and oxygen atoms in total. The molecule has 4 saturated heterocycles. The van der Waals surface area contributed by atoms with Crippen LogP contribution in [-0.4, -0.2) is 232 Å². The third-order valence-corrected chi connectivity index (χ3v) is 21.1. The predicted molar refractivity (Wildman–Crippen MR) is 258 cm³/mol. The van der Waals surface area contributed by atoms with Crippen LogP contribution in [0.3, 0.4) is 0 Å². The molecule has 0 aromatic rings. The van der Waals surface area contributed by atoms with E-state index < -0.39 is 187 Å². The minimum atomic E-state index is -1.90. The van der Waals surface area contributed by atoms with Gasteiger partial charge in [0.25, 0.3) is 0 Å². The van der Waals surface area contributed by atoms with Gasteiger partial charge in [-0.15, -0.1) is 0 Å². The quantitative estimate of drug-likeness (QED) is 0.0615. The van der Waals surface area contributed by atoms with Crippen LogP contribution < -0.4 is 0 Å². The van der Waals surface area contributed by atoms with E-state index in [1.54, 1.807) is 0 Å². The third-order valence-electron chi connectivity index (χ3n) is 21.1. The lowest BCUT2D eigenvalue weighted by molar-refractivity contribution is -0.373.